The molecule has 0 radical (unpaired) electrons. The quantitative estimate of drug-likeness (QED) is 0.383. The lowest BCUT2D eigenvalue weighted by Crippen LogP contribution is -2.45. The number of hydrogen-bond acceptors (Lipinski definition) is 5. The molecule has 35 heavy (non-hydrogen) atoms. The van der Waals surface area contributed by atoms with Gasteiger partial charge in [-0.1, -0.05) is 81.0 Å². The predicted octanol–water partition coefficient (Wildman–Crippen LogP) is 6.74. The van der Waals surface area contributed by atoms with Crippen LogP contribution in [0.1, 0.15) is 63.5 Å². The zero-order valence-electron chi connectivity index (χ0n) is 20.3. The second-order valence-electron chi connectivity index (χ2n) is 9.31. The van der Waals surface area contributed by atoms with Crippen molar-refractivity contribution in [3.8, 4) is 10.6 Å². The Bertz CT molecular complexity index is 1200. The van der Waals surface area contributed by atoms with Crippen LogP contribution in [0.2, 0.25) is 5.02 Å². The number of anilines is 2. The fourth-order valence-corrected chi connectivity index (χ4v) is 5.29. The van der Waals surface area contributed by atoms with E-state index in [1.807, 2.05) is 30.3 Å². The van der Waals surface area contributed by atoms with Gasteiger partial charge >= 0.3 is 6.03 Å². The molecule has 4 rings (SSSR count). The topological polar surface area (TPSA) is 87.2 Å². The number of hydrogen-bond donors (Lipinski definition) is 2. The zero-order valence-corrected chi connectivity index (χ0v) is 21.9. The van der Waals surface area contributed by atoms with Crippen molar-refractivity contribution < 1.29 is 9.59 Å². The number of carbonyl (C=O) groups excluding carboxylic acids is 2. The van der Waals surface area contributed by atoms with Gasteiger partial charge < -0.3 is 10.2 Å². The average Bonchev–Trinajstić information content (AvgIpc) is 3.49. The first-order valence-electron chi connectivity index (χ1n) is 11.8. The molecule has 0 bridgehead atoms. The highest BCUT2D eigenvalue weighted by molar-refractivity contribution is 7.18. The van der Waals surface area contributed by atoms with Crippen LogP contribution in [0.4, 0.5) is 15.6 Å². The smallest absolute Gasteiger partial charge is 0.312 e. The molecule has 1 unspecified atom stereocenters. The zero-order chi connectivity index (χ0) is 25.1. The third-order valence-electron chi connectivity index (χ3n) is 6.15. The van der Waals surface area contributed by atoms with Crippen LogP contribution in [0.15, 0.2) is 42.5 Å². The van der Waals surface area contributed by atoms with Gasteiger partial charge in [-0.05, 0) is 47.9 Å². The molecule has 3 aromatic rings. The van der Waals surface area contributed by atoms with Crippen LogP contribution in [0, 0.1) is 0 Å². The van der Waals surface area contributed by atoms with Crippen LogP contribution in [0.3, 0.4) is 0 Å². The molecule has 1 atom stereocenters. The number of halogens is 1. The molecule has 0 saturated carbocycles. The van der Waals surface area contributed by atoms with Crippen molar-refractivity contribution in [2.45, 2.75) is 58.4 Å². The van der Waals surface area contributed by atoms with Crippen LogP contribution >= 0.6 is 22.9 Å². The van der Waals surface area contributed by atoms with E-state index < -0.39 is 6.04 Å². The second-order valence-corrected chi connectivity index (χ2v) is 10.7. The summed E-state index contributed by atoms with van der Waals surface area (Å²) < 4.78 is 0. The van der Waals surface area contributed by atoms with Gasteiger partial charge in [0.05, 0.1) is 0 Å². The van der Waals surface area contributed by atoms with Crippen molar-refractivity contribution in [2.24, 2.45) is 0 Å². The summed E-state index contributed by atoms with van der Waals surface area (Å²) in [7, 11) is 0. The lowest BCUT2D eigenvalue weighted by molar-refractivity contribution is -0.119. The van der Waals surface area contributed by atoms with E-state index in [1.54, 1.807) is 17.0 Å². The largest absolute Gasteiger partial charge is 0.322 e. The first-order valence-corrected chi connectivity index (χ1v) is 13.0. The van der Waals surface area contributed by atoms with Crippen LogP contribution in [0.5, 0.6) is 0 Å². The number of carbonyl (C=O) groups is 2. The van der Waals surface area contributed by atoms with E-state index in [-0.39, 0.29) is 23.8 Å². The number of nitrogens with zero attached hydrogens (tertiary/aromatic N) is 3. The number of benzene rings is 2. The highest BCUT2D eigenvalue weighted by Crippen LogP contribution is 2.33. The molecule has 2 N–H and O–H groups in total. The number of aromatic nitrogens is 2. The minimum atomic E-state index is -0.567. The summed E-state index contributed by atoms with van der Waals surface area (Å²) in [5.74, 6) is 0.258. The average molecular weight is 512 g/mol. The van der Waals surface area contributed by atoms with Crippen LogP contribution in [-0.2, 0) is 4.79 Å². The van der Waals surface area contributed by atoms with Crippen molar-refractivity contribution in [1.29, 1.82) is 0 Å². The number of para-hydroxylation sites is 1. The molecule has 1 saturated heterocycles. The predicted molar refractivity (Wildman–Crippen MR) is 142 cm³/mol. The number of urea groups is 1. The Morgan fingerprint density at radius 2 is 1.71 bits per heavy atom. The van der Waals surface area contributed by atoms with Gasteiger partial charge in [-0.15, -0.1) is 10.2 Å². The normalized spacial score (nSPS) is 15.6. The van der Waals surface area contributed by atoms with Gasteiger partial charge in [0.25, 0.3) is 0 Å². The standard InChI is InChI=1S/C26H30ClN5O2S/c1-15(2)19-10-6-11-20(16(3)4)22(19)28-26(34)32-13-7-12-21(32)23(33)29-25-31-30-24(35-25)17-8-5-9-18(27)14-17/h5-6,8-11,14-16,21H,7,12-13H2,1-4H3,(H,28,34)(H,29,31,33). The molecule has 2 aromatic carbocycles. The van der Waals surface area contributed by atoms with Crippen molar-refractivity contribution >= 4 is 45.7 Å². The van der Waals surface area contributed by atoms with Gasteiger partial charge in [-0.25, -0.2) is 4.79 Å². The highest BCUT2D eigenvalue weighted by atomic mass is 35.5. The molecule has 2 heterocycles. The van der Waals surface area contributed by atoms with Crippen molar-refractivity contribution in [3.05, 3.63) is 58.6 Å². The van der Waals surface area contributed by atoms with E-state index in [2.05, 4.69) is 48.5 Å². The molecule has 3 amide bonds. The Morgan fingerprint density at radius 1 is 1.03 bits per heavy atom. The fraction of sp³-hybridized carbons (Fsp3) is 0.385. The molecule has 7 nitrogen and oxygen atoms in total. The minimum absolute atomic E-state index is 0.255. The van der Waals surface area contributed by atoms with Crippen molar-refractivity contribution in [2.75, 3.05) is 17.2 Å². The number of nitrogens with one attached hydrogen (secondary N) is 2. The summed E-state index contributed by atoms with van der Waals surface area (Å²) in [5, 5.41) is 15.9. The molecule has 0 aliphatic carbocycles. The van der Waals surface area contributed by atoms with Gasteiger partial charge in [0.2, 0.25) is 11.0 Å². The second kappa shape index (κ2) is 10.7. The maximum atomic E-state index is 13.3. The molecule has 0 spiro atoms. The summed E-state index contributed by atoms with van der Waals surface area (Å²) in [6.07, 6.45) is 1.36. The summed E-state index contributed by atoms with van der Waals surface area (Å²) >= 11 is 7.35. The van der Waals surface area contributed by atoms with Gasteiger partial charge in [-0.2, -0.15) is 0 Å². The minimum Gasteiger partial charge on any atom is -0.312 e. The molecule has 1 aromatic heterocycles. The highest BCUT2D eigenvalue weighted by Gasteiger charge is 2.35. The fourth-order valence-electron chi connectivity index (χ4n) is 4.36. The third-order valence-corrected chi connectivity index (χ3v) is 7.27. The molecular formula is C26H30ClN5O2S. The lowest BCUT2D eigenvalue weighted by atomic mass is 9.93. The summed E-state index contributed by atoms with van der Waals surface area (Å²) in [4.78, 5) is 28.1. The van der Waals surface area contributed by atoms with Gasteiger partial charge in [0.1, 0.15) is 11.0 Å². The summed E-state index contributed by atoms with van der Waals surface area (Å²) in [6.45, 7) is 8.97. The van der Waals surface area contributed by atoms with E-state index in [9.17, 15) is 9.59 Å². The van der Waals surface area contributed by atoms with Gasteiger partial charge in [0, 0.05) is 22.8 Å². The van der Waals surface area contributed by atoms with E-state index in [1.165, 1.54) is 11.3 Å². The van der Waals surface area contributed by atoms with E-state index in [0.717, 1.165) is 28.8 Å². The first-order chi connectivity index (χ1) is 16.7. The summed E-state index contributed by atoms with van der Waals surface area (Å²) in [5.41, 5.74) is 3.87. The Labute approximate surface area is 214 Å². The molecule has 1 aliphatic rings. The maximum absolute atomic E-state index is 13.3. The third kappa shape index (κ3) is 5.65. The Kier molecular flexibility index (Phi) is 7.72. The molecule has 1 fully saturated rings. The number of rotatable bonds is 6. The monoisotopic (exact) mass is 511 g/mol. The lowest BCUT2D eigenvalue weighted by Gasteiger charge is -2.26. The molecule has 184 valence electrons. The number of likely N-dealkylation sites (tertiary alicyclic amines) is 1. The Balaban J connectivity index is 1.48. The Morgan fingerprint density at radius 3 is 2.37 bits per heavy atom. The molecule has 1 aliphatic heterocycles. The molecular weight excluding hydrogens is 482 g/mol. The van der Waals surface area contributed by atoms with E-state index >= 15 is 0 Å². The van der Waals surface area contributed by atoms with Crippen molar-refractivity contribution in [3.63, 3.8) is 0 Å². The maximum Gasteiger partial charge on any atom is 0.322 e. The van der Waals surface area contributed by atoms with Crippen molar-refractivity contribution in [1.82, 2.24) is 15.1 Å². The van der Waals surface area contributed by atoms with E-state index in [4.69, 9.17) is 11.6 Å². The van der Waals surface area contributed by atoms with E-state index in [0.29, 0.717) is 28.1 Å². The van der Waals surface area contributed by atoms with Crippen LogP contribution in [-0.4, -0.2) is 39.6 Å². The SMILES string of the molecule is CC(C)c1cccc(C(C)C)c1NC(=O)N1CCCC1C(=O)Nc1nnc(-c2cccc(Cl)c2)s1. The first kappa shape index (κ1) is 25.1. The Hall–Kier alpha value is -2.97. The summed E-state index contributed by atoms with van der Waals surface area (Å²) in [6, 6.07) is 12.6. The van der Waals surface area contributed by atoms with Crippen LogP contribution < -0.4 is 10.6 Å². The van der Waals surface area contributed by atoms with Gasteiger partial charge in [0.15, 0.2) is 0 Å². The molecule has 9 heteroatoms. The van der Waals surface area contributed by atoms with Gasteiger partial charge in [-0.3, -0.25) is 10.1 Å². The number of amides is 3. The van der Waals surface area contributed by atoms with Crippen LogP contribution in [0.25, 0.3) is 10.6 Å².